The molecule has 0 saturated heterocycles. The molecule has 27 aromatic rings. The van der Waals surface area contributed by atoms with Crippen molar-refractivity contribution in [3.63, 3.8) is 0 Å². The molecule has 3 aliphatic rings. The van der Waals surface area contributed by atoms with Crippen molar-refractivity contribution >= 4 is 210 Å². The van der Waals surface area contributed by atoms with Gasteiger partial charge in [0.25, 0.3) is 0 Å². The summed E-state index contributed by atoms with van der Waals surface area (Å²) < 4.78 is 7.87. The zero-order valence-corrected chi connectivity index (χ0v) is 84.8. The molecule has 696 valence electrons. The summed E-state index contributed by atoms with van der Waals surface area (Å²) in [5.41, 5.74) is 33.8. The Morgan fingerprint density at radius 3 is 0.871 bits per heavy atom. The van der Waals surface area contributed by atoms with Crippen LogP contribution in [0, 0.1) is 0 Å². The van der Waals surface area contributed by atoms with Crippen molar-refractivity contribution in [2.75, 3.05) is 14.7 Å². The number of benzene rings is 24. The van der Waals surface area contributed by atoms with Gasteiger partial charge in [0, 0.05) is 117 Å². The highest BCUT2D eigenvalue weighted by Crippen LogP contribution is 2.63. The van der Waals surface area contributed by atoms with Crippen LogP contribution in [0.2, 0.25) is 0 Å². The Kier molecular flexibility index (Phi) is 20.6. The number of hydrogen-bond acceptors (Lipinski definition) is 6. The normalized spacial score (nSPS) is 13.3. The van der Waals surface area contributed by atoms with Crippen LogP contribution in [0.25, 0.3) is 192 Å². The molecule has 0 N–H and O–H groups in total. The first-order chi connectivity index (χ1) is 72.1. The average Bonchev–Trinajstić information content (AvgIpc) is 1.55. The minimum absolute atomic E-state index is 0.136. The zero-order chi connectivity index (χ0) is 98.1. The highest BCUT2D eigenvalue weighted by Gasteiger charge is 2.44. The summed E-state index contributed by atoms with van der Waals surface area (Å²) in [5.74, 6) is 0. The first kappa shape index (κ1) is 87.7. The predicted octanol–water partition coefficient (Wildman–Crippen LogP) is 41.4. The molecule has 0 fully saturated rings. The van der Waals surface area contributed by atoms with E-state index in [1.54, 1.807) is 0 Å². The number of anilines is 9. The van der Waals surface area contributed by atoms with E-state index >= 15 is 0 Å². The van der Waals surface area contributed by atoms with Gasteiger partial charge in [0.2, 0.25) is 0 Å². The molecule has 0 unspecified atom stereocenters. The second kappa shape index (κ2) is 34.6. The van der Waals surface area contributed by atoms with Crippen LogP contribution in [-0.2, 0) is 16.2 Å². The summed E-state index contributed by atoms with van der Waals surface area (Å²) in [6.07, 6.45) is 0. The molecule has 0 spiro atoms. The van der Waals surface area contributed by atoms with Gasteiger partial charge in [-0.05, 0) is 275 Å². The smallest absolute Gasteiger partial charge is 0.0640 e. The van der Waals surface area contributed by atoms with Crippen molar-refractivity contribution in [3.8, 4) is 66.8 Å². The van der Waals surface area contributed by atoms with E-state index in [2.05, 4.69) is 548 Å². The highest BCUT2D eigenvalue weighted by molar-refractivity contribution is 7.27. The van der Waals surface area contributed by atoms with E-state index in [4.69, 9.17) is 0 Å². The highest BCUT2D eigenvalue weighted by atomic mass is 32.1. The molecule has 0 atom stereocenters. The number of fused-ring (bicyclic) bond motifs is 27. The van der Waals surface area contributed by atoms with Gasteiger partial charge in [-0.3, -0.25) is 0 Å². The topological polar surface area (TPSA) is 9.72 Å². The van der Waals surface area contributed by atoms with Crippen LogP contribution in [0.3, 0.4) is 0 Å². The molecule has 0 aliphatic heterocycles. The van der Waals surface area contributed by atoms with Crippen molar-refractivity contribution in [2.45, 2.75) is 57.8 Å². The van der Waals surface area contributed by atoms with Crippen LogP contribution < -0.4 is 14.7 Å². The predicted molar refractivity (Wildman–Crippen MR) is 636 cm³/mol. The number of nitrogens with zero attached hydrogens (tertiary/aromatic N) is 3. The van der Waals surface area contributed by atoms with Crippen LogP contribution in [0.15, 0.2) is 491 Å². The van der Waals surface area contributed by atoms with Crippen LogP contribution in [0.5, 0.6) is 0 Å². The quantitative estimate of drug-likeness (QED) is 0.121. The summed E-state index contributed by atoms with van der Waals surface area (Å²) in [7, 11) is 0. The summed E-state index contributed by atoms with van der Waals surface area (Å²) in [4.78, 5) is 7.53. The molecule has 0 saturated carbocycles. The molecule has 147 heavy (non-hydrogen) atoms. The van der Waals surface area contributed by atoms with Gasteiger partial charge in [0.05, 0.1) is 27.4 Å². The van der Waals surface area contributed by atoms with E-state index in [9.17, 15) is 0 Å². The zero-order valence-electron chi connectivity index (χ0n) is 82.3. The lowest BCUT2D eigenvalue weighted by Gasteiger charge is -2.30. The van der Waals surface area contributed by atoms with Crippen molar-refractivity contribution in [1.29, 1.82) is 0 Å². The fourth-order valence-electron chi connectivity index (χ4n) is 24.8. The fourth-order valence-corrected chi connectivity index (χ4v) is 28.3. The van der Waals surface area contributed by atoms with Crippen molar-refractivity contribution in [1.82, 2.24) is 0 Å². The van der Waals surface area contributed by atoms with E-state index < -0.39 is 0 Å². The Morgan fingerprint density at radius 1 is 0.163 bits per heavy atom. The molecular formula is C141H99N3S3. The van der Waals surface area contributed by atoms with E-state index in [1.807, 2.05) is 34.0 Å². The number of thiophene rings is 3. The largest absolute Gasteiger partial charge is 0.310 e. The van der Waals surface area contributed by atoms with Gasteiger partial charge in [-0.1, -0.05) is 406 Å². The fraction of sp³-hybridized carbons (Fsp3) is 0.0638. The summed E-state index contributed by atoms with van der Waals surface area (Å²) >= 11 is 5.63. The lowest BCUT2D eigenvalue weighted by atomic mass is 9.80. The van der Waals surface area contributed by atoms with Crippen LogP contribution in [0.1, 0.15) is 74.9 Å². The second-order valence-corrected chi connectivity index (χ2v) is 44.5. The van der Waals surface area contributed by atoms with Crippen molar-refractivity contribution in [3.05, 3.63) is 525 Å². The molecule has 3 nitrogen and oxygen atoms in total. The Morgan fingerprint density at radius 2 is 0.449 bits per heavy atom. The third kappa shape index (κ3) is 14.4. The maximum atomic E-state index is 2.53. The summed E-state index contributed by atoms with van der Waals surface area (Å²) in [6, 6.07) is 182. The van der Waals surface area contributed by atoms with Gasteiger partial charge >= 0.3 is 0 Å². The van der Waals surface area contributed by atoms with Gasteiger partial charge in [-0.2, -0.15) is 0 Å². The molecule has 3 aromatic heterocycles. The van der Waals surface area contributed by atoms with Gasteiger partial charge < -0.3 is 14.7 Å². The molecule has 3 heterocycles. The minimum atomic E-state index is -0.142. The third-order valence-corrected chi connectivity index (χ3v) is 35.3. The van der Waals surface area contributed by atoms with E-state index in [0.29, 0.717) is 0 Å². The van der Waals surface area contributed by atoms with E-state index in [1.165, 1.54) is 248 Å². The minimum Gasteiger partial charge on any atom is -0.310 e. The molecular weight excluding hydrogens is 1830 g/mol. The maximum absolute atomic E-state index is 2.53. The first-order valence-electron chi connectivity index (χ1n) is 51.0. The Hall–Kier alpha value is -17.1. The van der Waals surface area contributed by atoms with E-state index in [0.717, 1.165) is 28.4 Å². The molecule has 24 aromatic carbocycles. The average molecular weight is 1930 g/mol. The Labute approximate surface area is 867 Å². The Bertz CT molecular complexity index is 10000. The van der Waals surface area contributed by atoms with Gasteiger partial charge in [0.15, 0.2) is 0 Å². The summed E-state index contributed by atoms with van der Waals surface area (Å²) in [6.45, 7) is 14.3. The summed E-state index contributed by atoms with van der Waals surface area (Å²) in [5, 5.41) is 23.2. The maximum Gasteiger partial charge on any atom is 0.0640 e. The monoisotopic (exact) mass is 1930 g/mol. The Balaban J connectivity index is 0.000000107. The second-order valence-electron chi connectivity index (χ2n) is 41.3. The molecule has 0 bridgehead atoms. The third-order valence-electron chi connectivity index (χ3n) is 31.8. The number of rotatable bonds is 12. The SMILES string of the molecule is CC1(C)c2ccccc2-c2c(N(c3ccc(-c4ccc5ccccc5c4)cc3)c3ccc4c(c3)sc3ccccc34)cc3ccccc3c21.CC1(C)c2ccccc2-c2c(N(c3ccc(-c4ccc5ccccc5c4)cc3)c3ccc4sc5ccccc5c4c3)cc3ccccc3c21.CC1(C)c2ccccc2-c2c(N(c3ccc(-c4ccc5ccccc5c4)cc3)c3cccc4c3sc3ccccc34)cc3ccccc3c21. The standard InChI is InChI=1S/3C47H33NS/c1-47(2)40-19-9-7-17-39(40)44-42(29-34-14-5-6-15-36(34)45(44)47)48(41-20-11-18-38-37-16-8-10-21-43(37)49-46(38)41)35-26-24-31(25-27-35)33-23-22-30-12-3-4-13-32(30)28-33;1-47(2)41-17-9-7-16-40(41)45-42(28-34-13-5-6-14-37(34)46(45)47)48(36-25-26-39-38-15-8-10-18-43(38)49-44(39)29-36)35-23-21-31(22-24-35)33-20-19-30-11-3-4-12-32(30)27-33;1-47(2)41-17-9-7-16-39(41)45-42(28-34-13-5-6-14-37(34)46(45)47)48(36-25-26-44-40(29-36)38-15-8-10-18-43(38)49-44)35-23-21-31(22-24-35)33-20-19-30-11-3-4-12-32(30)27-33/h3*3-29H,1-2H3. The van der Waals surface area contributed by atoms with Crippen molar-refractivity contribution < 1.29 is 0 Å². The molecule has 6 heteroatoms. The number of hydrogen-bond donors (Lipinski definition) is 0. The molecule has 30 rings (SSSR count). The van der Waals surface area contributed by atoms with Crippen LogP contribution in [0.4, 0.5) is 51.2 Å². The lowest BCUT2D eigenvalue weighted by molar-refractivity contribution is 0.666. The van der Waals surface area contributed by atoms with Crippen LogP contribution in [-0.4, -0.2) is 0 Å². The molecule has 0 amide bonds. The van der Waals surface area contributed by atoms with Crippen molar-refractivity contribution in [2.24, 2.45) is 0 Å². The molecule has 0 radical (unpaired) electrons. The van der Waals surface area contributed by atoms with Gasteiger partial charge in [-0.15, -0.1) is 34.0 Å². The van der Waals surface area contributed by atoms with E-state index in [-0.39, 0.29) is 16.2 Å². The molecule has 3 aliphatic carbocycles. The van der Waals surface area contributed by atoms with Crippen LogP contribution >= 0.6 is 34.0 Å². The van der Waals surface area contributed by atoms with Gasteiger partial charge in [0.1, 0.15) is 0 Å². The first-order valence-corrected chi connectivity index (χ1v) is 53.5. The van der Waals surface area contributed by atoms with Gasteiger partial charge in [-0.25, -0.2) is 0 Å². The lowest BCUT2D eigenvalue weighted by Crippen LogP contribution is -2.17.